The predicted octanol–water partition coefficient (Wildman–Crippen LogP) is 4.88. The average Bonchev–Trinajstić information content (AvgIpc) is 3.23. The Morgan fingerprint density at radius 2 is 1.59 bits per heavy atom. The zero-order valence-corrected chi connectivity index (χ0v) is 22.2. The molecule has 0 unspecified atom stereocenters. The van der Waals surface area contributed by atoms with E-state index in [1.807, 2.05) is 74.6 Å². The van der Waals surface area contributed by atoms with Crippen LogP contribution in [0, 0.1) is 5.92 Å². The maximum Gasteiger partial charge on any atom is 0.408 e. The number of carbonyl (C=O) groups is 3. The summed E-state index contributed by atoms with van der Waals surface area (Å²) in [5.74, 6) is -0.910. The van der Waals surface area contributed by atoms with Gasteiger partial charge in [0.25, 0.3) is 0 Å². The second-order valence-corrected chi connectivity index (χ2v) is 10.5. The van der Waals surface area contributed by atoms with Crippen molar-refractivity contribution in [1.29, 1.82) is 0 Å². The van der Waals surface area contributed by atoms with Gasteiger partial charge >= 0.3 is 12.1 Å². The van der Waals surface area contributed by atoms with Crippen molar-refractivity contribution < 1.29 is 23.9 Å². The molecule has 0 radical (unpaired) electrons. The molecule has 0 saturated heterocycles. The number of carbonyl (C=O) groups excluding carboxylic acids is 3. The molecule has 3 rings (SSSR count). The predicted molar refractivity (Wildman–Crippen MR) is 143 cm³/mol. The van der Waals surface area contributed by atoms with Crippen LogP contribution in [0.5, 0.6) is 0 Å². The van der Waals surface area contributed by atoms with Gasteiger partial charge in [-0.15, -0.1) is 0 Å². The summed E-state index contributed by atoms with van der Waals surface area (Å²) < 4.78 is 10.9. The number of hydrogen-bond acceptors (Lipinski definition) is 5. The number of ether oxygens (including phenoxy) is 2. The Labute approximate surface area is 218 Å². The SMILES string of the molecule is CC(C)C[C@H](NC(=O)OC(C)(C)C)C(=O)N[C@H](Cc1c[nH]c2ccccc12)C(=O)OCc1ccccc1. The first kappa shape index (κ1) is 27.8. The van der Waals surface area contributed by atoms with Crippen LogP contribution in [-0.4, -0.2) is 40.6 Å². The van der Waals surface area contributed by atoms with Crippen molar-refractivity contribution in [2.24, 2.45) is 5.92 Å². The van der Waals surface area contributed by atoms with E-state index in [0.717, 1.165) is 22.0 Å². The largest absolute Gasteiger partial charge is 0.459 e. The van der Waals surface area contributed by atoms with Crippen molar-refractivity contribution >= 4 is 28.9 Å². The average molecular weight is 508 g/mol. The number of aromatic nitrogens is 1. The quantitative estimate of drug-likeness (QED) is 0.339. The second kappa shape index (κ2) is 12.4. The third-order valence-corrected chi connectivity index (χ3v) is 5.64. The molecule has 37 heavy (non-hydrogen) atoms. The van der Waals surface area contributed by atoms with Gasteiger partial charge in [-0.2, -0.15) is 0 Å². The summed E-state index contributed by atoms with van der Waals surface area (Å²) in [5, 5.41) is 6.46. The van der Waals surface area contributed by atoms with Crippen molar-refractivity contribution in [3.05, 3.63) is 71.9 Å². The molecule has 0 aliphatic heterocycles. The van der Waals surface area contributed by atoms with E-state index in [2.05, 4.69) is 15.6 Å². The van der Waals surface area contributed by atoms with Crippen LogP contribution in [-0.2, 0) is 32.1 Å². The molecular formula is C29H37N3O5. The van der Waals surface area contributed by atoms with E-state index in [9.17, 15) is 14.4 Å². The highest BCUT2D eigenvalue weighted by molar-refractivity contribution is 5.90. The lowest BCUT2D eigenvalue weighted by Gasteiger charge is -2.26. The van der Waals surface area contributed by atoms with E-state index in [0.29, 0.717) is 6.42 Å². The number of rotatable bonds is 10. The standard InChI is InChI=1S/C29H37N3O5/c1-19(2)15-24(32-28(35)37-29(3,4)5)26(33)31-25(27(34)36-18-20-11-7-6-8-12-20)16-21-17-30-23-14-10-9-13-22(21)23/h6-14,17,19,24-25,30H,15-16,18H2,1-5H3,(H,31,33)(H,32,35)/t24-,25+/m0/s1. The smallest absolute Gasteiger partial charge is 0.408 e. The van der Waals surface area contributed by atoms with E-state index in [1.165, 1.54) is 0 Å². The van der Waals surface area contributed by atoms with Gasteiger partial charge < -0.3 is 25.1 Å². The van der Waals surface area contributed by atoms with Crippen molar-refractivity contribution in [2.45, 2.75) is 71.8 Å². The van der Waals surface area contributed by atoms with Gasteiger partial charge in [-0.25, -0.2) is 9.59 Å². The molecule has 198 valence electrons. The van der Waals surface area contributed by atoms with Gasteiger partial charge in [-0.3, -0.25) is 4.79 Å². The van der Waals surface area contributed by atoms with Crippen molar-refractivity contribution in [2.75, 3.05) is 0 Å². The molecule has 1 aromatic heterocycles. The fourth-order valence-electron chi connectivity index (χ4n) is 3.97. The Morgan fingerprint density at radius 3 is 2.27 bits per heavy atom. The molecule has 0 aliphatic carbocycles. The molecule has 0 saturated carbocycles. The van der Waals surface area contributed by atoms with Gasteiger partial charge in [0.15, 0.2) is 0 Å². The van der Waals surface area contributed by atoms with E-state index in [1.54, 1.807) is 20.8 Å². The minimum atomic E-state index is -0.953. The monoisotopic (exact) mass is 507 g/mol. The van der Waals surface area contributed by atoms with E-state index >= 15 is 0 Å². The zero-order valence-electron chi connectivity index (χ0n) is 22.2. The maximum atomic E-state index is 13.4. The summed E-state index contributed by atoms with van der Waals surface area (Å²) in [6.07, 6.45) is 1.75. The number of nitrogens with one attached hydrogen (secondary N) is 3. The van der Waals surface area contributed by atoms with Gasteiger partial charge in [0.1, 0.15) is 24.3 Å². The lowest BCUT2D eigenvalue weighted by molar-refractivity contribution is -0.149. The van der Waals surface area contributed by atoms with Crippen LogP contribution in [0.2, 0.25) is 0 Å². The molecule has 0 spiro atoms. The fraction of sp³-hybridized carbons (Fsp3) is 0.414. The normalized spacial score (nSPS) is 13.1. The van der Waals surface area contributed by atoms with Gasteiger partial charge in [0.2, 0.25) is 5.91 Å². The zero-order chi connectivity index (χ0) is 27.0. The highest BCUT2D eigenvalue weighted by atomic mass is 16.6. The van der Waals surface area contributed by atoms with Gasteiger partial charge in [-0.1, -0.05) is 62.4 Å². The summed E-state index contributed by atoms with van der Waals surface area (Å²) in [4.78, 5) is 42.2. The first-order valence-electron chi connectivity index (χ1n) is 12.6. The van der Waals surface area contributed by atoms with Crippen LogP contribution >= 0.6 is 0 Å². The Bertz CT molecular complexity index is 1200. The third-order valence-electron chi connectivity index (χ3n) is 5.64. The number of alkyl carbamates (subject to hydrolysis) is 1. The Balaban J connectivity index is 1.79. The van der Waals surface area contributed by atoms with Crippen molar-refractivity contribution in [1.82, 2.24) is 15.6 Å². The number of esters is 1. The highest BCUT2D eigenvalue weighted by Crippen LogP contribution is 2.20. The van der Waals surface area contributed by atoms with Crippen LogP contribution < -0.4 is 10.6 Å². The minimum absolute atomic E-state index is 0.0888. The van der Waals surface area contributed by atoms with Crippen LogP contribution in [0.1, 0.15) is 52.2 Å². The van der Waals surface area contributed by atoms with Crippen molar-refractivity contribution in [3.63, 3.8) is 0 Å². The van der Waals surface area contributed by atoms with Crippen LogP contribution in [0.4, 0.5) is 4.79 Å². The molecule has 2 amide bonds. The molecule has 1 heterocycles. The Kier molecular flexibility index (Phi) is 9.33. The molecule has 8 nitrogen and oxygen atoms in total. The first-order chi connectivity index (χ1) is 17.5. The maximum absolute atomic E-state index is 13.4. The van der Waals surface area contributed by atoms with E-state index in [-0.39, 0.29) is 18.9 Å². The molecule has 8 heteroatoms. The molecule has 3 aromatic rings. The summed E-state index contributed by atoms with van der Waals surface area (Å²) in [7, 11) is 0. The number of H-pyrrole nitrogens is 1. The molecule has 0 fully saturated rings. The van der Waals surface area contributed by atoms with E-state index in [4.69, 9.17) is 9.47 Å². The van der Waals surface area contributed by atoms with Crippen LogP contribution in [0.15, 0.2) is 60.8 Å². The first-order valence-corrected chi connectivity index (χ1v) is 12.6. The number of benzene rings is 2. The van der Waals surface area contributed by atoms with Gasteiger partial charge in [0.05, 0.1) is 0 Å². The lowest BCUT2D eigenvalue weighted by Crippen LogP contribution is -2.53. The molecular weight excluding hydrogens is 470 g/mol. The summed E-state index contributed by atoms with van der Waals surface area (Å²) >= 11 is 0. The van der Waals surface area contributed by atoms with Gasteiger partial charge in [-0.05, 0) is 50.3 Å². The molecule has 3 N–H and O–H groups in total. The number of para-hydroxylation sites is 1. The number of hydrogen-bond donors (Lipinski definition) is 3. The van der Waals surface area contributed by atoms with Crippen LogP contribution in [0.25, 0.3) is 10.9 Å². The third kappa shape index (κ3) is 8.66. The number of aromatic amines is 1. The highest BCUT2D eigenvalue weighted by Gasteiger charge is 2.30. The summed E-state index contributed by atoms with van der Waals surface area (Å²) in [5.41, 5.74) is 1.95. The van der Waals surface area contributed by atoms with Crippen LogP contribution in [0.3, 0.4) is 0 Å². The lowest BCUT2D eigenvalue weighted by atomic mass is 10.0. The summed E-state index contributed by atoms with van der Waals surface area (Å²) in [6.45, 7) is 9.26. The Morgan fingerprint density at radius 1 is 0.919 bits per heavy atom. The molecule has 0 aliphatic rings. The Hall–Kier alpha value is -3.81. The minimum Gasteiger partial charge on any atom is -0.459 e. The topological polar surface area (TPSA) is 110 Å². The second-order valence-electron chi connectivity index (χ2n) is 10.5. The van der Waals surface area contributed by atoms with Crippen molar-refractivity contribution in [3.8, 4) is 0 Å². The molecule has 2 aromatic carbocycles. The molecule has 0 bridgehead atoms. The van der Waals surface area contributed by atoms with Gasteiger partial charge in [0, 0.05) is 23.5 Å². The summed E-state index contributed by atoms with van der Waals surface area (Å²) in [6, 6.07) is 15.3. The number of amides is 2. The van der Waals surface area contributed by atoms with E-state index < -0.39 is 35.7 Å². The number of fused-ring (bicyclic) bond motifs is 1. The fourth-order valence-corrected chi connectivity index (χ4v) is 3.97. The molecule has 2 atom stereocenters.